The van der Waals surface area contributed by atoms with Gasteiger partial charge < -0.3 is 18.7 Å². The van der Waals surface area contributed by atoms with Gasteiger partial charge in [0, 0.05) is 5.56 Å². The van der Waals surface area contributed by atoms with Gasteiger partial charge in [0.2, 0.25) is 12.6 Å². The van der Waals surface area contributed by atoms with Crippen LogP contribution in [-0.4, -0.2) is 22.9 Å². The second kappa shape index (κ2) is 6.32. The van der Waals surface area contributed by atoms with E-state index in [1.165, 1.54) is 11.3 Å². The Kier molecular flexibility index (Phi) is 3.87. The first-order valence-electron chi connectivity index (χ1n) is 7.17. The van der Waals surface area contributed by atoms with Crippen LogP contribution in [0, 0.1) is 0 Å². The number of hydrogen-bond acceptors (Lipinski definition) is 8. The Morgan fingerprint density at radius 1 is 1.25 bits per heavy atom. The summed E-state index contributed by atoms with van der Waals surface area (Å²) in [4.78, 5) is 16.0. The maximum atomic E-state index is 11.8. The van der Waals surface area contributed by atoms with E-state index in [1.807, 2.05) is 22.9 Å². The van der Waals surface area contributed by atoms with Gasteiger partial charge in [-0.1, -0.05) is 5.16 Å². The molecule has 8 heteroatoms. The van der Waals surface area contributed by atoms with Crippen molar-refractivity contribution < 1.29 is 23.5 Å². The van der Waals surface area contributed by atoms with Crippen molar-refractivity contribution in [3.8, 4) is 22.9 Å². The van der Waals surface area contributed by atoms with Gasteiger partial charge in [0.15, 0.2) is 18.1 Å². The third-order valence-corrected chi connectivity index (χ3v) is 4.12. The molecule has 0 saturated carbocycles. The maximum Gasteiger partial charge on any atom is 0.310 e. The summed E-state index contributed by atoms with van der Waals surface area (Å²) in [7, 11) is 0. The number of carbonyl (C=O) groups excluding carboxylic acids is 1. The summed E-state index contributed by atoms with van der Waals surface area (Å²) in [5.41, 5.74) is 1.66. The Morgan fingerprint density at radius 2 is 2.17 bits per heavy atom. The van der Waals surface area contributed by atoms with Gasteiger partial charge in [-0.15, -0.1) is 0 Å². The fourth-order valence-corrected chi connectivity index (χ4v) is 2.89. The molecular weight excluding hydrogens is 332 g/mol. The quantitative estimate of drug-likeness (QED) is 0.658. The number of benzene rings is 1. The molecule has 24 heavy (non-hydrogen) atoms. The van der Waals surface area contributed by atoms with Crippen LogP contribution in [0.2, 0.25) is 0 Å². The monoisotopic (exact) mass is 344 g/mol. The zero-order valence-corrected chi connectivity index (χ0v) is 13.2. The van der Waals surface area contributed by atoms with Crippen LogP contribution in [0.3, 0.4) is 0 Å². The van der Waals surface area contributed by atoms with Crippen LogP contribution >= 0.6 is 11.3 Å². The van der Waals surface area contributed by atoms with Gasteiger partial charge >= 0.3 is 5.97 Å². The summed E-state index contributed by atoms with van der Waals surface area (Å²) in [5, 5.41) is 7.72. The minimum absolute atomic E-state index is 0.0550. The van der Waals surface area contributed by atoms with Crippen molar-refractivity contribution in [3.63, 3.8) is 0 Å². The topological polar surface area (TPSA) is 83.7 Å². The predicted molar refractivity (Wildman–Crippen MR) is 83.7 cm³/mol. The molecule has 0 atom stereocenters. The van der Waals surface area contributed by atoms with Gasteiger partial charge in [-0.3, -0.25) is 4.79 Å². The number of rotatable bonds is 5. The van der Waals surface area contributed by atoms with E-state index in [1.54, 1.807) is 12.1 Å². The molecule has 3 aromatic rings. The number of thiophene rings is 1. The molecule has 0 saturated heterocycles. The minimum atomic E-state index is -0.337. The fourth-order valence-electron chi connectivity index (χ4n) is 2.22. The third-order valence-electron chi connectivity index (χ3n) is 3.38. The van der Waals surface area contributed by atoms with Crippen LogP contribution in [0.15, 0.2) is 39.5 Å². The van der Waals surface area contributed by atoms with E-state index < -0.39 is 0 Å². The lowest BCUT2D eigenvalue weighted by Gasteiger charge is -2.00. The van der Waals surface area contributed by atoms with Gasteiger partial charge in [0.05, 0.1) is 6.42 Å². The van der Waals surface area contributed by atoms with Crippen LogP contribution in [0.5, 0.6) is 11.5 Å². The molecule has 122 valence electrons. The van der Waals surface area contributed by atoms with Crippen molar-refractivity contribution in [2.24, 2.45) is 0 Å². The first-order valence-corrected chi connectivity index (χ1v) is 8.11. The van der Waals surface area contributed by atoms with Crippen molar-refractivity contribution in [1.82, 2.24) is 10.1 Å². The Labute approximate surface area is 140 Å². The molecule has 0 aliphatic carbocycles. The summed E-state index contributed by atoms with van der Waals surface area (Å²) in [6.45, 7) is 0.150. The first-order chi connectivity index (χ1) is 11.8. The van der Waals surface area contributed by atoms with Crippen molar-refractivity contribution in [2.75, 3.05) is 6.79 Å². The van der Waals surface area contributed by atoms with Crippen LogP contribution in [0.1, 0.15) is 11.5 Å². The van der Waals surface area contributed by atoms with E-state index in [4.69, 9.17) is 18.7 Å². The van der Waals surface area contributed by atoms with Gasteiger partial charge in [-0.05, 0) is 40.6 Å². The summed E-state index contributed by atoms with van der Waals surface area (Å²) in [5.74, 6) is 1.63. The summed E-state index contributed by atoms with van der Waals surface area (Å²) < 4.78 is 20.8. The molecule has 0 spiro atoms. The van der Waals surface area contributed by atoms with E-state index in [2.05, 4.69) is 10.1 Å². The molecule has 0 bridgehead atoms. The van der Waals surface area contributed by atoms with Crippen molar-refractivity contribution in [3.05, 3.63) is 46.5 Å². The lowest BCUT2D eigenvalue weighted by Crippen LogP contribution is -2.07. The molecule has 1 aromatic carbocycles. The summed E-state index contributed by atoms with van der Waals surface area (Å²) in [6, 6.07) is 7.26. The molecule has 1 aliphatic rings. The number of carbonyl (C=O) groups is 1. The average Bonchev–Trinajstić information content (AvgIpc) is 3.33. The largest absolute Gasteiger partial charge is 0.455 e. The highest BCUT2D eigenvalue weighted by molar-refractivity contribution is 7.07. The summed E-state index contributed by atoms with van der Waals surface area (Å²) in [6.07, 6.45) is 0.229. The number of hydrogen-bond donors (Lipinski definition) is 0. The standard InChI is InChI=1S/C16H12N2O5S/c19-15(5-10-3-4-24-8-10)20-7-14-17-16(18-23-14)11-1-2-12-13(6-11)22-9-21-12/h1-4,6,8H,5,7,9H2. The second-order valence-corrected chi connectivity index (χ2v) is 5.83. The first kappa shape index (κ1) is 14.7. The van der Waals surface area contributed by atoms with Crippen molar-refractivity contribution >= 4 is 17.3 Å². The van der Waals surface area contributed by atoms with Crippen LogP contribution in [0.4, 0.5) is 0 Å². The van der Waals surface area contributed by atoms with Gasteiger partial charge in [-0.2, -0.15) is 16.3 Å². The number of ether oxygens (including phenoxy) is 3. The predicted octanol–water partition coefficient (Wildman–Crippen LogP) is 2.81. The van der Waals surface area contributed by atoms with Crippen molar-refractivity contribution in [1.29, 1.82) is 0 Å². The molecule has 0 unspecified atom stereocenters. The van der Waals surface area contributed by atoms with E-state index >= 15 is 0 Å². The molecule has 3 heterocycles. The second-order valence-electron chi connectivity index (χ2n) is 5.05. The number of esters is 1. The molecule has 0 fully saturated rings. The Hall–Kier alpha value is -2.87. The molecule has 4 rings (SSSR count). The average molecular weight is 344 g/mol. The zero-order valence-electron chi connectivity index (χ0n) is 12.4. The molecule has 0 N–H and O–H groups in total. The highest BCUT2D eigenvalue weighted by Gasteiger charge is 2.17. The van der Waals surface area contributed by atoms with Gasteiger partial charge in [-0.25, -0.2) is 0 Å². The summed E-state index contributed by atoms with van der Waals surface area (Å²) >= 11 is 1.54. The molecule has 1 aliphatic heterocycles. The van der Waals surface area contributed by atoms with E-state index in [-0.39, 0.29) is 31.7 Å². The zero-order chi connectivity index (χ0) is 16.4. The Morgan fingerprint density at radius 3 is 3.04 bits per heavy atom. The van der Waals surface area contributed by atoms with Crippen LogP contribution in [0.25, 0.3) is 11.4 Å². The highest BCUT2D eigenvalue weighted by atomic mass is 32.1. The molecule has 7 nitrogen and oxygen atoms in total. The SMILES string of the molecule is O=C(Cc1ccsc1)OCc1nc(-c2ccc3c(c2)OCO3)no1. The number of aromatic nitrogens is 2. The molecule has 0 radical (unpaired) electrons. The van der Waals surface area contributed by atoms with E-state index in [0.29, 0.717) is 17.3 Å². The van der Waals surface area contributed by atoms with Crippen LogP contribution < -0.4 is 9.47 Å². The lowest BCUT2D eigenvalue weighted by atomic mass is 10.2. The molecule has 0 amide bonds. The fraction of sp³-hybridized carbons (Fsp3) is 0.188. The lowest BCUT2D eigenvalue weighted by molar-refractivity contribution is -0.144. The van der Waals surface area contributed by atoms with Gasteiger partial charge in [0.1, 0.15) is 0 Å². The third kappa shape index (κ3) is 3.09. The molecular formula is C16H12N2O5S. The smallest absolute Gasteiger partial charge is 0.310 e. The minimum Gasteiger partial charge on any atom is -0.455 e. The Balaban J connectivity index is 1.39. The van der Waals surface area contributed by atoms with Gasteiger partial charge in [0.25, 0.3) is 5.89 Å². The van der Waals surface area contributed by atoms with E-state index in [9.17, 15) is 4.79 Å². The molecule has 2 aromatic heterocycles. The number of nitrogens with zero attached hydrogens (tertiary/aromatic N) is 2. The van der Waals surface area contributed by atoms with Crippen LogP contribution in [-0.2, 0) is 22.6 Å². The number of fused-ring (bicyclic) bond motifs is 1. The van der Waals surface area contributed by atoms with E-state index in [0.717, 1.165) is 11.1 Å². The highest BCUT2D eigenvalue weighted by Crippen LogP contribution is 2.35. The maximum absolute atomic E-state index is 11.8. The Bertz CT molecular complexity index is 859. The van der Waals surface area contributed by atoms with Crippen molar-refractivity contribution in [2.45, 2.75) is 13.0 Å². The normalized spacial score (nSPS) is 12.3.